The molecule has 0 spiro atoms. The lowest BCUT2D eigenvalue weighted by Gasteiger charge is -2.32. The zero-order valence-electron chi connectivity index (χ0n) is 16.5. The summed E-state index contributed by atoms with van der Waals surface area (Å²) in [5.74, 6) is 0.187. The molecule has 150 valence electrons. The Labute approximate surface area is 166 Å². The molecule has 0 atom stereocenters. The highest BCUT2D eigenvalue weighted by Crippen LogP contribution is 2.41. The average molecular weight is 383 g/mol. The van der Waals surface area contributed by atoms with Crippen LogP contribution in [0.5, 0.6) is 0 Å². The zero-order valence-corrected chi connectivity index (χ0v) is 16.5. The summed E-state index contributed by atoms with van der Waals surface area (Å²) in [5, 5.41) is 14.1. The molecule has 0 radical (unpaired) electrons. The van der Waals surface area contributed by atoms with Gasteiger partial charge >= 0.3 is 0 Å². The summed E-state index contributed by atoms with van der Waals surface area (Å²) < 4.78 is 10.9. The summed E-state index contributed by atoms with van der Waals surface area (Å²) in [7, 11) is 0. The first-order chi connectivity index (χ1) is 13.5. The van der Waals surface area contributed by atoms with Crippen molar-refractivity contribution < 1.29 is 19.1 Å². The second kappa shape index (κ2) is 7.72. The van der Waals surface area contributed by atoms with Crippen molar-refractivity contribution in [3.63, 3.8) is 0 Å². The zero-order chi connectivity index (χ0) is 19.6. The number of ether oxygens (including phenoxy) is 1. The van der Waals surface area contributed by atoms with Crippen LogP contribution in [0, 0.1) is 6.92 Å². The molecule has 4 rings (SSSR count). The smallest absolute Gasteiger partial charge is 0.254 e. The minimum atomic E-state index is -1.13. The van der Waals surface area contributed by atoms with Gasteiger partial charge in [0.15, 0.2) is 0 Å². The van der Waals surface area contributed by atoms with Crippen molar-refractivity contribution in [2.75, 3.05) is 19.8 Å². The van der Waals surface area contributed by atoms with Crippen molar-refractivity contribution in [1.29, 1.82) is 0 Å². The Morgan fingerprint density at radius 3 is 2.61 bits per heavy atom. The first-order valence-electron chi connectivity index (χ1n) is 10.3. The molecule has 2 aromatic rings. The van der Waals surface area contributed by atoms with Gasteiger partial charge in [-0.05, 0) is 31.4 Å². The number of amides is 1. The maximum atomic E-state index is 13.0. The SMILES string of the molecule is Cc1cccc(C2(CNC(=O)c3ccoc3C3(O)CCOCC3)CCCC2)c1. The highest BCUT2D eigenvalue weighted by molar-refractivity contribution is 5.95. The van der Waals surface area contributed by atoms with Gasteiger partial charge in [0.2, 0.25) is 0 Å². The normalized spacial score (nSPS) is 20.8. The fourth-order valence-electron chi connectivity index (χ4n) is 4.72. The number of hydrogen-bond acceptors (Lipinski definition) is 4. The molecule has 1 saturated carbocycles. The Kier molecular flexibility index (Phi) is 5.30. The third kappa shape index (κ3) is 3.61. The lowest BCUT2D eigenvalue weighted by Crippen LogP contribution is -2.40. The van der Waals surface area contributed by atoms with Gasteiger partial charge in [-0.15, -0.1) is 0 Å². The molecule has 1 aromatic carbocycles. The van der Waals surface area contributed by atoms with Crippen LogP contribution in [-0.4, -0.2) is 30.8 Å². The molecule has 2 fully saturated rings. The molecular weight excluding hydrogens is 354 g/mol. The average Bonchev–Trinajstić information content (AvgIpc) is 3.38. The number of furan rings is 1. The van der Waals surface area contributed by atoms with E-state index in [9.17, 15) is 9.90 Å². The van der Waals surface area contributed by atoms with Crippen molar-refractivity contribution in [3.8, 4) is 0 Å². The van der Waals surface area contributed by atoms with E-state index in [2.05, 4.69) is 36.5 Å². The fourth-order valence-corrected chi connectivity index (χ4v) is 4.72. The van der Waals surface area contributed by atoms with Gasteiger partial charge in [0.1, 0.15) is 11.4 Å². The number of aliphatic hydroxyl groups is 1. The highest BCUT2D eigenvalue weighted by atomic mass is 16.5. The summed E-state index contributed by atoms with van der Waals surface area (Å²) in [6.07, 6.45) is 6.89. The van der Waals surface area contributed by atoms with E-state index in [-0.39, 0.29) is 11.3 Å². The van der Waals surface area contributed by atoms with E-state index in [1.807, 2.05) is 0 Å². The number of carbonyl (C=O) groups is 1. The van der Waals surface area contributed by atoms with E-state index < -0.39 is 5.60 Å². The molecule has 2 N–H and O–H groups in total. The van der Waals surface area contributed by atoms with Crippen molar-refractivity contribution in [1.82, 2.24) is 5.32 Å². The summed E-state index contributed by atoms with van der Waals surface area (Å²) in [6.45, 7) is 3.64. The van der Waals surface area contributed by atoms with Crippen LogP contribution in [0.25, 0.3) is 0 Å². The number of carbonyl (C=O) groups excluding carboxylic acids is 1. The van der Waals surface area contributed by atoms with Crippen LogP contribution in [0.4, 0.5) is 0 Å². The standard InChI is InChI=1S/C23H29NO4/c1-17-5-4-6-18(15-17)22(8-2-3-9-22)16-24-21(25)19-7-12-28-20(19)23(26)10-13-27-14-11-23/h4-7,12,15,26H,2-3,8-11,13-14,16H2,1H3,(H,24,25). The molecule has 0 unspecified atom stereocenters. The summed E-state index contributed by atoms with van der Waals surface area (Å²) in [5.41, 5.74) is 1.84. The van der Waals surface area contributed by atoms with Crippen LogP contribution in [0.2, 0.25) is 0 Å². The van der Waals surface area contributed by atoms with Gasteiger partial charge in [-0.25, -0.2) is 0 Å². The molecule has 1 aliphatic carbocycles. The Morgan fingerprint density at radius 2 is 1.89 bits per heavy atom. The van der Waals surface area contributed by atoms with Crippen LogP contribution in [0.3, 0.4) is 0 Å². The highest BCUT2D eigenvalue weighted by Gasteiger charge is 2.40. The van der Waals surface area contributed by atoms with E-state index in [0.29, 0.717) is 43.9 Å². The first kappa shape index (κ1) is 19.2. The topological polar surface area (TPSA) is 71.7 Å². The summed E-state index contributed by atoms with van der Waals surface area (Å²) >= 11 is 0. The number of benzene rings is 1. The van der Waals surface area contributed by atoms with Crippen LogP contribution in [0.15, 0.2) is 41.0 Å². The maximum Gasteiger partial charge on any atom is 0.254 e. The predicted molar refractivity (Wildman–Crippen MR) is 106 cm³/mol. The van der Waals surface area contributed by atoms with Gasteiger partial charge in [0.25, 0.3) is 5.91 Å². The number of aryl methyl sites for hydroxylation is 1. The Balaban J connectivity index is 1.52. The third-order valence-electron chi connectivity index (χ3n) is 6.43. The minimum absolute atomic E-state index is 0.0127. The molecule has 1 aromatic heterocycles. The maximum absolute atomic E-state index is 13.0. The first-order valence-corrected chi connectivity index (χ1v) is 10.3. The van der Waals surface area contributed by atoms with Gasteiger partial charge in [0.05, 0.1) is 11.8 Å². The number of hydrogen-bond donors (Lipinski definition) is 2. The van der Waals surface area contributed by atoms with Crippen molar-refractivity contribution in [2.24, 2.45) is 0 Å². The minimum Gasteiger partial charge on any atom is -0.465 e. The lowest BCUT2D eigenvalue weighted by molar-refractivity contribution is -0.0804. The monoisotopic (exact) mass is 383 g/mol. The molecule has 5 nitrogen and oxygen atoms in total. The summed E-state index contributed by atoms with van der Waals surface area (Å²) in [6, 6.07) is 10.3. The Hall–Kier alpha value is -2.11. The molecule has 28 heavy (non-hydrogen) atoms. The largest absolute Gasteiger partial charge is 0.465 e. The van der Waals surface area contributed by atoms with Crippen molar-refractivity contribution in [2.45, 2.75) is 56.5 Å². The number of nitrogens with one attached hydrogen (secondary N) is 1. The molecule has 2 aliphatic rings. The second-order valence-corrected chi connectivity index (χ2v) is 8.35. The van der Waals surface area contributed by atoms with E-state index in [0.717, 1.165) is 12.8 Å². The molecule has 0 bridgehead atoms. The molecule has 5 heteroatoms. The third-order valence-corrected chi connectivity index (χ3v) is 6.43. The van der Waals surface area contributed by atoms with E-state index in [4.69, 9.17) is 9.15 Å². The van der Waals surface area contributed by atoms with Gasteiger partial charge in [0, 0.05) is 38.0 Å². The fraction of sp³-hybridized carbons (Fsp3) is 0.522. The Bertz CT molecular complexity index is 829. The molecular formula is C23H29NO4. The molecule has 1 amide bonds. The number of rotatable bonds is 5. The Morgan fingerprint density at radius 1 is 1.14 bits per heavy atom. The van der Waals surface area contributed by atoms with Crippen LogP contribution in [-0.2, 0) is 15.8 Å². The molecule has 1 saturated heterocycles. The quantitative estimate of drug-likeness (QED) is 0.823. The van der Waals surface area contributed by atoms with E-state index in [1.54, 1.807) is 6.07 Å². The summed E-state index contributed by atoms with van der Waals surface area (Å²) in [4.78, 5) is 13.0. The van der Waals surface area contributed by atoms with Crippen molar-refractivity contribution >= 4 is 5.91 Å². The lowest BCUT2D eigenvalue weighted by atomic mass is 9.78. The predicted octanol–water partition coefficient (Wildman–Crippen LogP) is 3.83. The van der Waals surface area contributed by atoms with Crippen LogP contribution < -0.4 is 5.32 Å². The van der Waals surface area contributed by atoms with E-state index in [1.165, 1.54) is 30.2 Å². The van der Waals surface area contributed by atoms with E-state index >= 15 is 0 Å². The van der Waals surface area contributed by atoms with Gasteiger partial charge < -0.3 is 19.6 Å². The van der Waals surface area contributed by atoms with Gasteiger partial charge in [-0.1, -0.05) is 42.7 Å². The van der Waals surface area contributed by atoms with Crippen molar-refractivity contribution in [3.05, 3.63) is 59.0 Å². The second-order valence-electron chi connectivity index (χ2n) is 8.35. The van der Waals surface area contributed by atoms with Gasteiger partial charge in [-0.3, -0.25) is 4.79 Å². The van der Waals surface area contributed by atoms with Gasteiger partial charge in [-0.2, -0.15) is 0 Å². The molecule has 1 aliphatic heterocycles. The molecule has 2 heterocycles. The van der Waals surface area contributed by atoms with Crippen LogP contribution >= 0.6 is 0 Å². The van der Waals surface area contributed by atoms with Crippen LogP contribution in [0.1, 0.15) is 65.8 Å².